The van der Waals surface area contributed by atoms with E-state index < -0.39 is 0 Å². The molecule has 32 heavy (non-hydrogen) atoms. The fraction of sp³-hybridized carbons (Fsp3) is 0.222. The van der Waals surface area contributed by atoms with Crippen LogP contribution in [0.15, 0.2) is 85.1 Å². The summed E-state index contributed by atoms with van der Waals surface area (Å²) in [4.78, 5) is 1.98. The minimum Gasteiger partial charge on any atom is -0.395 e. The quantitative estimate of drug-likeness (QED) is 0.355. The van der Waals surface area contributed by atoms with Gasteiger partial charge in [-0.3, -0.25) is 0 Å². The predicted octanol–water partition coefficient (Wildman–Crippen LogP) is 3.79. The van der Waals surface area contributed by atoms with Gasteiger partial charge in [0.05, 0.1) is 24.3 Å². The number of aromatic nitrogens is 1. The highest BCUT2D eigenvalue weighted by Gasteiger charge is 2.09. The number of hydrogen-bond donors (Lipinski definition) is 3. The number of para-hydroxylation sites is 1. The fourth-order valence-electron chi connectivity index (χ4n) is 4.01. The molecule has 0 aliphatic rings. The molecular weight excluding hydrogens is 398 g/mol. The van der Waals surface area contributed by atoms with E-state index in [4.69, 9.17) is 0 Å². The predicted molar refractivity (Wildman–Crippen MR) is 130 cm³/mol. The van der Waals surface area contributed by atoms with Gasteiger partial charge in [-0.05, 0) is 47.9 Å². The van der Waals surface area contributed by atoms with E-state index in [0.717, 1.165) is 23.5 Å². The lowest BCUT2D eigenvalue weighted by Gasteiger charge is -2.23. The van der Waals surface area contributed by atoms with Crippen molar-refractivity contribution in [3.8, 4) is 0 Å². The monoisotopic (exact) mass is 428 g/mol. The van der Waals surface area contributed by atoms with Gasteiger partial charge in [0.15, 0.2) is 6.20 Å². The molecule has 3 N–H and O–H groups in total. The van der Waals surface area contributed by atoms with Crippen molar-refractivity contribution in [2.24, 2.45) is 7.05 Å². The lowest BCUT2D eigenvalue weighted by atomic mass is 10.0. The molecule has 4 aromatic rings. The third kappa shape index (κ3) is 5.07. The molecule has 5 nitrogen and oxygen atoms in total. The second-order valence-corrected chi connectivity index (χ2v) is 7.96. The first kappa shape index (κ1) is 21.8. The molecule has 0 fully saturated rings. The summed E-state index contributed by atoms with van der Waals surface area (Å²) in [6.45, 7) is 1.17. The smallest absolute Gasteiger partial charge is 0.214 e. The summed E-state index contributed by atoms with van der Waals surface area (Å²) in [7, 11) is 2.06. The van der Waals surface area contributed by atoms with Gasteiger partial charge in [-0.25, -0.2) is 4.57 Å². The van der Waals surface area contributed by atoms with Crippen molar-refractivity contribution in [1.29, 1.82) is 0 Å². The molecule has 1 heterocycles. The lowest BCUT2D eigenvalue weighted by Crippen LogP contribution is -2.29. The third-order valence-corrected chi connectivity index (χ3v) is 5.72. The molecule has 4 rings (SSSR count). The number of hydrogen-bond acceptors (Lipinski definition) is 4. The van der Waals surface area contributed by atoms with Crippen LogP contribution in [0.5, 0.6) is 0 Å². The fourth-order valence-corrected chi connectivity index (χ4v) is 4.01. The van der Waals surface area contributed by atoms with E-state index in [-0.39, 0.29) is 13.2 Å². The first-order valence-corrected chi connectivity index (χ1v) is 11.0. The molecule has 0 amide bonds. The number of nitrogens with one attached hydrogen (secondary N) is 1. The van der Waals surface area contributed by atoms with E-state index >= 15 is 0 Å². The van der Waals surface area contributed by atoms with E-state index in [1.807, 2.05) is 4.90 Å². The number of aryl methyl sites for hydroxylation is 1. The molecule has 0 bridgehead atoms. The number of aliphatic hydroxyl groups excluding tert-OH is 2. The van der Waals surface area contributed by atoms with Crippen molar-refractivity contribution >= 4 is 28.0 Å². The number of aliphatic hydroxyl groups is 2. The Bertz CT molecular complexity index is 1150. The zero-order valence-electron chi connectivity index (χ0n) is 18.4. The molecule has 5 heteroatoms. The number of benzene rings is 3. The molecule has 0 unspecified atom stereocenters. The van der Waals surface area contributed by atoms with E-state index in [0.29, 0.717) is 13.1 Å². The van der Waals surface area contributed by atoms with Crippen molar-refractivity contribution in [1.82, 2.24) is 0 Å². The normalized spacial score (nSPS) is 11.0. The summed E-state index contributed by atoms with van der Waals surface area (Å²) in [5, 5.41) is 23.2. The molecule has 0 saturated heterocycles. The van der Waals surface area contributed by atoms with Crippen LogP contribution in [0.4, 0.5) is 17.1 Å². The van der Waals surface area contributed by atoms with E-state index in [1.54, 1.807) is 0 Å². The summed E-state index contributed by atoms with van der Waals surface area (Å²) >= 11 is 0. The van der Waals surface area contributed by atoms with Gasteiger partial charge in [-0.1, -0.05) is 36.4 Å². The Kier molecular flexibility index (Phi) is 7.00. The summed E-state index contributed by atoms with van der Waals surface area (Å²) in [5.41, 5.74) is 6.83. The molecule has 3 aromatic carbocycles. The van der Waals surface area contributed by atoms with Gasteiger partial charge in [0.1, 0.15) is 7.05 Å². The zero-order valence-corrected chi connectivity index (χ0v) is 18.4. The lowest BCUT2D eigenvalue weighted by molar-refractivity contribution is -0.644. The molecule has 0 saturated carbocycles. The van der Waals surface area contributed by atoms with Crippen LogP contribution >= 0.6 is 0 Å². The maximum Gasteiger partial charge on any atom is 0.214 e. The van der Waals surface area contributed by atoms with Crippen LogP contribution in [-0.4, -0.2) is 36.5 Å². The average Bonchev–Trinajstić information content (AvgIpc) is 2.83. The van der Waals surface area contributed by atoms with Crippen LogP contribution in [-0.2, 0) is 13.5 Å². The summed E-state index contributed by atoms with van der Waals surface area (Å²) in [5.74, 6) is 0. The third-order valence-electron chi connectivity index (χ3n) is 5.72. The van der Waals surface area contributed by atoms with Crippen LogP contribution in [0, 0.1) is 0 Å². The Morgan fingerprint density at radius 1 is 0.781 bits per heavy atom. The number of fused-ring (bicyclic) bond motifs is 1. The zero-order chi connectivity index (χ0) is 22.3. The van der Waals surface area contributed by atoms with E-state index in [9.17, 15) is 10.2 Å². The van der Waals surface area contributed by atoms with Crippen LogP contribution < -0.4 is 14.8 Å². The molecule has 1 aromatic heterocycles. The largest absolute Gasteiger partial charge is 0.395 e. The van der Waals surface area contributed by atoms with Crippen molar-refractivity contribution < 1.29 is 14.8 Å². The van der Waals surface area contributed by atoms with Crippen LogP contribution in [0.3, 0.4) is 0 Å². The Morgan fingerprint density at radius 2 is 1.41 bits per heavy atom. The summed E-state index contributed by atoms with van der Waals surface area (Å²) in [6, 6.07) is 27.4. The second-order valence-electron chi connectivity index (χ2n) is 7.96. The Labute approximate surface area is 189 Å². The topological polar surface area (TPSA) is 59.6 Å². The van der Waals surface area contributed by atoms with Gasteiger partial charge in [0.25, 0.3) is 0 Å². The summed E-state index contributed by atoms with van der Waals surface area (Å²) in [6.07, 6.45) is 2.93. The Hall–Kier alpha value is -3.41. The van der Waals surface area contributed by atoms with Gasteiger partial charge in [0.2, 0.25) is 5.52 Å². The Balaban J connectivity index is 1.44. The van der Waals surface area contributed by atoms with Gasteiger partial charge in [-0.15, -0.1) is 0 Å². The number of rotatable bonds is 9. The number of pyridine rings is 1. The average molecular weight is 429 g/mol. The number of nitrogens with zero attached hydrogens (tertiary/aromatic N) is 2. The molecule has 0 atom stereocenters. The van der Waals surface area contributed by atoms with Gasteiger partial charge < -0.3 is 20.4 Å². The second kappa shape index (κ2) is 10.3. The van der Waals surface area contributed by atoms with Gasteiger partial charge in [0, 0.05) is 36.6 Å². The van der Waals surface area contributed by atoms with E-state index in [1.165, 1.54) is 22.0 Å². The van der Waals surface area contributed by atoms with Gasteiger partial charge in [-0.2, -0.15) is 0 Å². The minimum absolute atomic E-state index is 0.0688. The molecule has 164 valence electrons. The highest BCUT2D eigenvalue weighted by molar-refractivity contribution is 5.90. The maximum atomic E-state index is 9.22. The van der Waals surface area contributed by atoms with Crippen molar-refractivity contribution in [2.45, 2.75) is 6.42 Å². The standard InChI is InChI=1S/C27H29N3O2/c1-29-15-14-26(25-4-2-3-5-27(25)29)28-23-10-6-21(7-11-23)20-22-8-12-24(13-9-22)30(16-18-31)17-19-32/h2-15,31-32H,16-20H2,1H3/p+1. The summed E-state index contributed by atoms with van der Waals surface area (Å²) < 4.78 is 2.13. The molecule has 0 aliphatic heterocycles. The Morgan fingerprint density at radius 3 is 2.06 bits per heavy atom. The minimum atomic E-state index is 0.0688. The van der Waals surface area contributed by atoms with Gasteiger partial charge >= 0.3 is 0 Å². The first-order valence-electron chi connectivity index (χ1n) is 11.0. The molecular formula is C27H30N3O2+. The van der Waals surface area contributed by atoms with Crippen molar-refractivity contribution in [3.63, 3.8) is 0 Å². The van der Waals surface area contributed by atoms with Crippen LogP contribution in [0.25, 0.3) is 10.9 Å². The van der Waals surface area contributed by atoms with Crippen molar-refractivity contribution in [2.75, 3.05) is 36.5 Å². The highest BCUT2D eigenvalue weighted by atomic mass is 16.3. The molecule has 0 radical (unpaired) electrons. The molecule has 0 aliphatic carbocycles. The van der Waals surface area contributed by atoms with Crippen molar-refractivity contribution in [3.05, 3.63) is 96.2 Å². The van der Waals surface area contributed by atoms with Crippen LogP contribution in [0.1, 0.15) is 11.1 Å². The molecule has 0 spiro atoms. The maximum absolute atomic E-state index is 9.22. The SMILES string of the molecule is C[n+]1ccc(Nc2ccc(Cc3ccc(N(CCO)CCO)cc3)cc2)c2ccccc21. The van der Waals surface area contributed by atoms with E-state index in [2.05, 4.69) is 102 Å². The van der Waals surface area contributed by atoms with Crippen LogP contribution in [0.2, 0.25) is 0 Å². The first-order chi connectivity index (χ1) is 15.7. The highest BCUT2D eigenvalue weighted by Crippen LogP contribution is 2.25. The number of anilines is 3.